The Balaban J connectivity index is 1.60. The molecular weight excluding hydrogens is 414 g/mol. The smallest absolute Gasteiger partial charge is 0.241 e. The number of carbonyl (C=O) groups excluding carboxylic acids is 1. The number of aromatic amines is 1. The average Bonchev–Trinajstić information content (AvgIpc) is 3.42. The minimum Gasteiger partial charge on any atom is -0.467 e. The number of fused-ring (bicyclic) bond motifs is 1. The van der Waals surface area contributed by atoms with Gasteiger partial charge in [-0.25, -0.2) is 8.42 Å². The summed E-state index contributed by atoms with van der Waals surface area (Å²) < 4.78 is 33.9. The third-order valence-corrected chi connectivity index (χ3v) is 6.50. The van der Waals surface area contributed by atoms with Crippen molar-refractivity contribution >= 4 is 26.8 Å². The van der Waals surface area contributed by atoms with Crippen molar-refractivity contribution in [2.45, 2.75) is 30.8 Å². The Kier molecular flexibility index (Phi) is 5.92. The zero-order valence-electron chi connectivity index (χ0n) is 17.0. The number of furan rings is 1. The second kappa shape index (κ2) is 8.79. The molecule has 0 saturated heterocycles. The van der Waals surface area contributed by atoms with Gasteiger partial charge in [0.15, 0.2) is 0 Å². The third kappa shape index (κ3) is 4.87. The van der Waals surface area contributed by atoms with Crippen molar-refractivity contribution in [3.8, 4) is 0 Å². The molecule has 2 aromatic carbocycles. The summed E-state index contributed by atoms with van der Waals surface area (Å²) in [5.74, 6) is 0.152. The molecule has 0 bridgehead atoms. The van der Waals surface area contributed by atoms with Gasteiger partial charge in [-0.15, -0.1) is 0 Å². The summed E-state index contributed by atoms with van der Waals surface area (Å²) in [4.78, 5) is 16.3. The fourth-order valence-corrected chi connectivity index (χ4v) is 4.76. The van der Waals surface area contributed by atoms with E-state index in [4.69, 9.17) is 4.42 Å². The maximum atomic E-state index is 13.0. The molecule has 0 aliphatic heterocycles. The highest BCUT2D eigenvalue weighted by Crippen LogP contribution is 2.20. The minimum atomic E-state index is -3.90. The molecule has 0 aliphatic carbocycles. The van der Waals surface area contributed by atoms with Gasteiger partial charge >= 0.3 is 0 Å². The van der Waals surface area contributed by atoms with Crippen molar-refractivity contribution < 1.29 is 17.6 Å². The minimum absolute atomic E-state index is 0.121. The highest BCUT2D eigenvalue weighted by molar-refractivity contribution is 7.89. The Hall–Kier alpha value is -3.36. The first-order chi connectivity index (χ1) is 14.9. The lowest BCUT2D eigenvalue weighted by molar-refractivity contribution is -0.122. The molecule has 0 aliphatic rings. The standard InChI is InChI=1S/C23H23N3O4S/c1-16-6-4-8-19(12-16)31(28,29)26-22(23(27)25-15-18-7-5-11-30-18)13-17-14-24-21-10-3-2-9-20(17)21/h2-12,14,22,24,26H,13,15H2,1H3,(H,25,27). The Bertz CT molecular complexity index is 1290. The molecule has 0 fully saturated rings. The summed E-state index contributed by atoms with van der Waals surface area (Å²) in [6, 6.07) is 16.7. The number of hydrogen-bond acceptors (Lipinski definition) is 4. The van der Waals surface area contributed by atoms with Crippen LogP contribution in [0, 0.1) is 6.92 Å². The Morgan fingerprint density at radius 1 is 1.10 bits per heavy atom. The van der Waals surface area contributed by atoms with Crippen LogP contribution < -0.4 is 10.0 Å². The summed E-state index contributed by atoms with van der Waals surface area (Å²) in [6.07, 6.45) is 3.52. The quantitative estimate of drug-likeness (QED) is 0.393. The zero-order valence-corrected chi connectivity index (χ0v) is 17.8. The average molecular weight is 438 g/mol. The zero-order chi connectivity index (χ0) is 21.8. The number of aryl methyl sites for hydroxylation is 1. The normalized spacial score (nSPS) is 12.7. The molecule has 1 atom stereocenters. The summed E-state index contributed by atoms with van der Waals surface area (Å²) in [5.41, 5.74) is 2.59. The molecule has 2 heterocycles. The molecule has 4 rings (SSSR count). The second-order valence-corrected chi connectivity index (χ2v) is 9.07. The molecular formula is C23H23N3O4S. The van der Waals surface area contributed by atoms with E-state index in [0.717, 1.165) is 22.0 Å². The molecule has 8 heteroatoms. The maximum Gasteiger partial charge on any atom is 0.241 e. The van der Waals surface area contributed by atoms with Gasteiger partial charge in [0.1, 0.15) is 11.8 Å². The molecule has 3 N–H and O–H groups in total. The molecule has 0 saturated carbocycles. The van der Waals surface area contributed by atoms with Crippen LogP contribution in [0.2, 0.25) is 0 Å². The van der Waals surface area contributed by atoms with Crippen molar-refractivity contribution in [1.29, 1.82) is 0 Å². The Labute approximate surface area is 180 Å². The van der Waals surface area contributed by atoms with E-state index in [0.29, 0.717) is 5.76 Å². The van der Waals surface area contributed by atoms with Gasteiger partial charge in [-0.05, 0) is 54.8 Å². The van der Waals surface area contributed by atoms with Gasteiger partial charge in [-0.3, -0.25) is 4.79 Å². The number of para-hydroxylation sites is 1. The SMILES string of the molecule is Cc1cccc(S(=O)(=O)NC(Cc2c[nH]c3ccccc23)C(=O)NCc2ccco2)c1. The summed E-state index contributed by atoms with van der Waals surface area (Å²) in [7, 11) is -3.90. The van der Waals surface area contributed by atoms with Crippen LogP contribution in [0.3, 0.4) is 0 Å². The van der Waals surface area contributed by atoms with Crippen molar-refractivity contribution in [2.24, 2.45) is 0 Å². The van der Waals surface area contributed by atoms with Crippen LogP contribution >= 0.6 is 0 Å². The molecule has 2 aromatic heterocycles. The summed E-state index contributed by atoms with van der Waals surface area (Å²) in [6.45, 7) is 1.99. The molecule has 31 heavy (non-hydrogen) atoms. The molecule has 160 valence electrons. The molecule has 1 amide bonds. The van der Waals surface area contributed by atoms with E-state index >= 15 is 0 Å². The van der Waals surface area contributed by atoms with E-state index in [1.807, 2.05) is 37.3 Å². The highest BCUT2D eigenvalue weighted by atomic mass is 32.2. The Morgan fingerprint density at radius 2 is 1.94 bits per heavy atom. The number of amides is 1. The van der Waals surface area contributed by atoms with Crippen LogP contribution in [0.25, 0.3) is 10.9 Å². The first-order valence-corrected chi connectivity index (χ1v) is 11.3. The summed E-state index contributed by atoms with van der Waals surface area (Å²) in [5, 5.41) is 3.71. The molecule has 0 spiro atoms. The second-order valence-electron chi connectivity index (χ2n) is 7.35. The van der Waals surface area contributed by atoms with Crippen LogP contribution in [-0.4, -0.2) is 25.4 Å². The summed E-state index contributed by atoms with van der Waals surface area (Å²) >= 11 is 0. The number of benzene rings is 2. The van der Waals surface area contributed by atoms with Gasteiger partial charge in [-0.1, -0.05) is 30.3 Å². The van der Waals surface area contributed by atoms with E-state index in [9.17, 15) is 13.2 Å². The lowest BCUT2D eigenvalue weighted by Gasteiger charge is -2.18. The monoisotopic (exact) mass is 437 g/mol. The first kappa shape index (κ1) is 20.9. The number of rotatable bonds is 8. The number of H-pyrrole nitrogens is 1. The molecule has 1 unspecified atom stereocenters. The van der Waals surface area contributed by atoms with Crippen molar-refractivity contribution in [2.75, 3.05) is 0 Å². The van der Waals surface area contributed by atoms with Gasteiger partial charge in [-0.2, -0.15) is 4.72 Å². The van der Waals surface area contributed by atoms with Gasteiger partial charge < -0.3 is 14.7 Å². The van der Waals surface area contributed by atoms with Gasteiger partial charge in [0.05, 0.1) is 17.7 Å². The van der Waals surface area contributed by atoms with E-state index in [1.165, 1.54) is 12.3 Å². The van der Waals surface area contributed by atoms with Crippen molar-refractivity contribution in [1.82, 2.24) is 15.0 Å². The topological polar surface area (TPSA) is 104 Å². The largest absolute Gasteiger partial charge is 0.467 e. The van der Waals surface area contributed by atoms with Crippen molar-refractivity contribution in [3.63, 3.8) is 0 Å². The van der Waals surface area contributed by atoms with Gasteiger partial charge in [0.25, 0.3) is 0 Å². The van der Waals surface area contributed by atoms with Crippen LogP contribution in [0.5, 0.6) is 0 Å². The number of carbonyl (C=O) groups is 1. The van der Waals surface area contributed by atoms with Crippen LogP contribution in [0.1, 0.15) is 16.9 Å². The van der Waals surface area contributed by atoms with Crippen LogP contribution in [-0.2, 0) is 27.8 Å². The van der Waals surface area contributed by atoms with E-state index in [-0.39, 0.29) is 17.9 Å². The number of hydrogen-bond donors (Lipinski definition) is 3. The third-order valence-electron chi connectivity index (χ3n) is 5.03. The number of aromatic nitrogens is 1. The van der Waals surface area contributed by atoms with Gasteiger partial charge in [0, 0.05) is 17.1 Å². The van der Waals surface area contributed by atoms with E-state index in [2.05, 4.69) is 15.0 Å². The van der Waals surface area contributed by atoms with Crippen molar-refractivity contribution in [3.05, 3.63) is 90.0 Å². The number of sulfonamides is 1. The van der Waals surface area contributed by atoms with E-state index in [1.54, 1.807) is 30.5 Å². The lowest BCUT2D eigenvalue weighted by atomic mass is 10.1. The maximum absolute atomic E-state index is 13.0. The van der Waals surface area contributed by atoms with E-state index < -0.39 is 22.0 Å². The van der Waals surface area contributed by atoms with Crippen LogP contribution in [0.15, 0.2) is 82.4 Å². The number of nitrogens with one attached hydrogen (secondary N) is 3. The predicted molar refractivity (Wildman–Crippen MR) is 118 cm³/mol. The molecule has 0 radical (unpaired) electrons. The lowest BCUT2D eigenvalue weighted by Crippen LogP contribution is -2.47. The highest BCUT2D eigenvalue weighted by Gasteiger charge is 2.27. The van der Waals surface area contributed by atoms with Crippen LogP contribution in [0.4, 0.5) is 0 Å². The Morgan fingerprint density at radius 3 is 2.71 bits per heavy atom. The fourth-order valence-electron chi connectivity index (χ4n) is 3.46. The first-order valence-electron chi connectivity index (χ1n) is 9.86. The predicted octanol–water partition coefficient (Wildman–Crippen LogP) is 3.28. The molecule has 7 nitrogen and oxygen atoms in total. The molecule has 4 aromatic rings. The fraction of sp³-hybridized carbons (Fsp3) is 0.174. The van der Waals surface area contributed by atoms with Gasteiger partial charge in [0.2, 0.25) is 15.9 Å².